The molecule has 0 aliphatic heterocycles. The highest BCUT2D eigenvalue weighted by atomic mass is 15.1. The SMILES string of the molecule is CCC(C)C(C)C(C)C(C)C(C)(C)C(C)C(C)C(CC)N(C)C. The molecule has 23 heavy (non-hydrogen) atoms. The van der Waals surface area contributed by atoms with Gasteiger partial charge >= 0.3 is 0 Å². The van der Waals surface area contributed by atoms with E-state index in [0.717, 1.165) is 35.5 Å². The highest BCUT2D eigenvalue weighted by Crippen LogP contribution is 2.46. The van der Waals surface area contributed by atoms with Gasteiger partial charge in [0.15, 0.2) is 0 Å². The molecule has 0 aromatic heterocycles. The summed E-state index contributed by atoms with van der Waals surface area (Å²) in [4.78, 5) is 2.42. The van der Waals surface area contributed by atoms with Gasteiger partial charge in [-0.2, -0.15) is 0 Å². The van der Waals surface area contributed by atoms with Crippen molar-refractivity contribution in [3.05, 3.63) is 0 Å². The molecule has 0 aliphatic carbocycles. The van der Waals surface area contributed by atoms with E-state index in [2.05, 4.69) is 88.2 Å². The van der Waals surface area contributed by atoms with Crippen LogP contribution in [-0.2, 0) is 0 Å². The fourth-order valence-electron chi connectivity index (χ4n) is 4.66. The van der Waals surface area contributed by atoms with Crippen molar-refractivity contribution in [1.29, 1.82) is 0 Å². The molecular formula is C22H47N. The molecule has 7 atom stereocenters. The Kier molecular flexibility index (Phi) is 9.43. The van der Waals surface area contributed by atoms with Crippen molar-refractivity contribution >= 4 is 0 Å². The largest absolute Gasteiger partial charge is 0.306 e. The minimum Gasteiger partial charge on any atom is -0.306 e. The molecule has 0 aromatic rings. The molecule has 1 heteroatoms. The van der Waals surface area contributed by atoms with Crippen LogP contribution in [0.5, 0.6) is 0 Å². The zero-order valence-corrected chi connectivity index (χ0v) is 18.4. The van der Waals surface area contributed by atoms with Crippen LogP contribution in [0.3, 0.4) is 0 Å². The summed E-state index contributed by atoms with van der Waals surface area (Å²) in [5.74, 6) is 4.57. The zero-order chi connectivity index (χ0) is 18.5. The van der Waals surface area contributed by atoms with Crippen LogP contribution in [0.4, 0.5) is 0 Å². The molecule has 7 unspecified atom stereocenters. The fourth-order valence-corrected chi connectivity index (χ4v) is 4.66. The maximum atomic E-state index is 2.51. The summed E-state index contributed by atoms with van der Waals surface area (Å²) in [5, 5.41) is 0. The average Bonchev–Trinajstić information content (AvgIpc) is 2.50. The summed E-state index contributed by atoms with van der Waals surface area (Å²) in [7, 11) is 4.48. The number of hydrogen-bond acceptors (Lipinski definition) is 1. The Labute approximate surface area is 148 Å². The van der Waals surface area contributed by atoms with Crippen molar-refractivity contribution in [1.82, 2.24) is 4.90 Å². The predicted octanol–water partition coefficient (Wildman–Crippen LogP) is 6.58. The van der Waals surface area contributed by atoms with Crippen LogP contribution in [0.15, 0.2) is 0 Å². The van der Waals surface area contributed by atoms with Crippen molar-refractivity contribution in [3.63, 3.8) is 0 Å². The van der Waals surface area contributed by atoms with E-state index in [4.69, 9.17) is 0 Å². The summed E-state index contributed by atoms with van der Waals surface area (Å²) in [6.45, 7) is 24.5. The van der Waals surface area contributed by atoms with Crippen molar-refractivity contribution in [3.8, 4) is 0 Å². The van der Waals surface area contributed by atoms with Crippen molar-refractivity contribution in [2.75, 3.05) is 14.1 Å². The lowest BCUT2D eigenvalue weighted by Crippen LogP contribution is -2.44. The summed E-state index contributed by atoms with van der Waals surface area (Å²) in [6, 6.07) is 0.679. The van der Waals surface area contributed by atoms with Crippen LogP contribution in [-0.4, -0.2) is 25.0 Å². The molecule has 0 saturated carbocycles. The van der Waals surface area contributed by atoms with Gasteiger partial charge in [-0.05, 0) is 61.4 Å². The molecule has 0 radical (unpaired) electrons. The molecule has 0 bridgehead atoms. The van der Waals surface area contributed by atoms with E-state index in [-0.39, 0.29) is 0 Å². The Hall–Kier alpha value is -0.0400. The molecule has 0 heterocycles. The van der Waals surface area contributed by atoms with Gasteiger partial charge in [-0.25, -0.2) is 0 Å². The third kappa shape index (κ3) is 5.48. The van der Waals surface area contributed by atoms with E-state index in [1.54, 1.807) is 0 Å². The lowest BCUT2D eigenvalue weighted by Gasteiger charge is -2.47. The average molecular weight is 326 g/mol. The maximum Gasteiger partial charge on any atom is 0.0115 e. The van der Waals surface area contributed by atoms with Gasteiger partial charge in [0, 0.05) is 6.04 Å². The minimum atomic E-state index is 0.365. The molecule has 0 rings (SSSR count). The minimum absolute atomic E-state index is 0.365. The number of nitrogens with zero attached hydrogens (tertiary/aromatic N) is 1. The van der Waals surface area contributed by atoms with Crippen LogP contribution < -0.4 is 0 Å². The van der Waals surface area contributed by atoms with Gasteiger partial charge in [-0.1, -0.05) is 75.7 Å². The van der Waals surface area contributed by atoms with Gasteiger partial charge < -0.3 is 4.90 Å². The van der Waals surface area contributed by atoms with E-state index >= 15 is 0 Å². The van der Waals surface area contributed by atoms with Crippen LogP contribution in [0.1, 0.15) is 82.1 Å². The number of rotatable bonds is 10. The van der Waals surface area contributed by atoms with Gasteiger partial charge in [0.25, 0.3) is 0 Å². The quantitative estimate of drug-likeness (QED) is 0.438. The fraction of sp³-hybridized carbons (Fsp3) is 1.00. The van der Waals surface area contributed by atoms with Crippen molar-refractivity contribution in [2.45, 2.75) is 88.1 Å². The molecule has 0 N–H and O–H groups in total. The molecule has 0 aromatic carbocycles. The number of hydrogen-bond donors (Lipinski definition) is 0. The van der Waals surface area contributed by atoms with Gasteiger partial charge in [0.1, 0.15) is 0 Å². The first kappa shape index (κ1) is 23.0. The van der Waals surface area contributed by atoms with Crippen molar-refractivity contribution in [2.24, 2.45) is 40.9 Å². The summed E-state index contributed by atoms with van der Waals surface area (Å²) in [6.07, 6.45) is 2.53. The second-order valence-electron chi connectivity index (χ2n) is 9.30. The molecule has 0 spiro atoms. The monoisotopic (exact) mass is 325 g/mol. The van der Waals surface area contributed by atoms with Gasteiger partial charge in [-0.3, -0.25) is 0 Å². The lowest BCUT2D eigenvalue weighted by molar-refractivity contribution is 0.0138. The van der Waals surface area contributed by atoms with Crippen LogP contribution >= 0.6 is 0 Å². The zero-order valence-electron chi connectivity index (χ0n) is 18.4. The second kappa shape index (κ2) is 9.44. The van der Waals surface area contributed by atoms with Crippen molar-refractivity contribution < 1.29 is 0 Å². The van der Waals surface area contributed by atoms with E-state index in [9.17, 15) is 0 Å². The predicted molar refractivity (Wildman–Crippen MR) is 107 cm³/mol. The Balaban J connectivity index is 5.20. The van der Waals surface area contributed by atoms with E-state index in [0.29, 0.717) is 11.5 Å². The third-order valence-electron chi connectivity index (χ3n) is 7.98. The standard InChI is InChI=1S/C22H47N/c1-13-15(3)16(4)17(5)19(7)22(9,10)20(8)18(6)21(14-2)23(11)12/h15-21H,13-14H2,1-12H3. The van der Waals surface area contributed by atoms with Gasteiger partial charge in [0.2, 0.25) is 0 Å². The van der Waals surface area contributed by atoms with E-state index < -0.39 is 0 Å². The smallest absolute Gasteiger partial charge is 0.0115 e. The second-order valence-corrected chi connectivity index (χ2v) is 9.30. The van der Waals surface area contributed by atoms with E-state index in [1.165, 1.54) is 12.8 Å². The normalized spacial score (nSPS) is 22.3. The summed E-state index contributed by atoms with van der Waals surface area (Å²) >= 11 is 0. The maximum absolute atomic E-state index is 2.51. The van der Waals surface area contributed by atoms with Crippen LogP contribution in [0.2, 0.25) is 0 Å². The topological polar surface area (TPSA) is 3.24 Å². The van der Waals surface area contributed by atoms with Gasteiger partial charge in [-0.15, -0.1) is 0 Å². The lowest BCUT2D eigenvalue weighted by atomic mass is 9.59. The molecule has 1 nitrogen and oxygen atoms in total. The Morgan fingerprint density at radius 3 is 1.48 bits per heavy atom. The highest BCUT2D eigenvalue weighted by Gasteiger charge is 2.41. The third-order valence-corrected chi connectivity index (χ3v) is 7.98. The Bertz CT molecular complexity index is 320. The van der Waals surface area contributed by atoms with E-state index in [1.807, 2.05) is 0 Å². The van der Waals surface area contributed by atoms with Crippen LogP contribution in [0.25, 0.3) is 0 Å². The highest BCUT2D eigenvalue weighted by molar-refractivity contribution is 4.90. The molecule has 0 amide bonds. The molecule has 140 valence electrons. The summed E-state index contributed by atoms with van der Waals surface area (Å²) < 4.78 is 0. The summed E-state index contributed by atoms with van der Waals surface area (Å²) in [5.41, 5.74) is 0.365. The molecule has 0 aliphatic rings. The first-order chi connectivity index (χ1) is 10.4. The first-order valence-electron chi connectivity index (χ1n) is 10.1. The first-order valence-corrected chi connectivity index (χ1v) is 10.1. The molecule has 0 saturated heterocycles. The van der Waals surface area contributed by atoms with Crippen LogP contribution in [0, 0.1) is 40.9 Å². The van der Waals surface area contributed by atoms with Gasteiger partial charge in [0.05, 0.1) is 0 Å². The Morgan fingerprint density at radius 1 is 0.696 bits per heavy atom. The Morgan fingerprint density at radius 2 is 1.13 bits per heavy atom. The molecular weight excluding hydrogens is 278 g/mol. The molecule has 0 fully saturated rings.